The molecule has 1 amide bonds. The van der Waals surface area contributed by atoms with Gasteiger partial charge in [0.15, 0.2) is 6.61 Å². The summed E-state index contributed by atoms with van der Waals surface area (Å²) in [6.07, 6.45) is 0.595. The van der Waals surface area contributed by atoms with Gasteiger partial charge in [0.25, 0.3) is 5.91 Å². The average Bonchev–Trinajstić information content (AvgIpc) is 2.59. The summed E-state index contributed by atoms with van der Waals surface area (Å²) in [6.45, 7) is 2.02. The van der Waals surface area contributed by atoms with Gasteiger partial charge in [-0.2, -0.15) is 0 Å². The van der Waals surface area contributed by atoms with E-state index in [0.29, 0.717) is 18.7 Å². The monoisotopic (exact) mass is 345 g/mol. The molecule has 2 rings (SSSR count). The van der Waals surface area contributed by atoms with E-state index in [1.807, 2.05) is 31.2 Å². The lowest BCUT2D eigenvalue weighted by Crippen LogP contribution is -2.21. The standard InChI is InChI=1S/C19H20FNO4/c1-2-24-17-9-4-3-6-14(17)10-11-19(23)25-13-18(22)21-16-8-5-7-15(20)12-16/h3-9,12H,2,10-11,13H2,1H3,(H,21,22). The Morgan fingerprint density at radius 2 is 1.92 bits per heavy atom. The summed E-state index contributed by atoms with van der Waals surface area (Å²) in [5.41, 5.74) is 1.22. The maximum Gasteiger partial charge on any atom is 0.306 e. The molecule has 0 unspecified atom stereocenters. The first-order chi connectivity index (χ1) is 12.1. The average molecular weight is 345 g/mol. The van der Waals surface area contributed by atoms with Gasteiger partial charge in [0.05, 0.1) is 6.61 Å². The first kappa shape index (κ1) is 18.4. The molecule has 0 heterocycles. The minimum Gasteiger partial charge on any atom is -0.494 e. The molecule has 25 heavy (non-hydrogen) atoms. The van der Waals surface area contributed by atoms with Gasteiger partial charge < -0.3 is 14.8 Å². The van der Waals surface area contributed by atoms with Crippen LogP contribution in [0.3, 0.4) is 0 Å². The zero-order valence-electron chi connectivity index (χ0n) is 14.0. The molecule has 0 aliphatic carbocycles. The number of nitrogens with one attached hydrogen (secondary N) is 1. The van der Waals surface area contributed by atoms with E-state index in [2.05, 4.69) is 5.32 Å². The second-order valence-electron chi connectivity index (χ2n) is 5.26. The molecule has 0 saturated carbocycles. The van der Waals surface area contributed by atoms with Crippen LogP contribution in [0.15, 0.2) is 48.5 Å². The van der Waals surface area contributed by atoms with E-state index < -0.39 is 24.3 Å². The zero-order valence-corrected chi connectivity index (χ0v) is 14.0. The number of para-hydroxylation sites is 1. The lowest BCUT2D eigenvalue weighted by molar-refractivity contribution is -0.147. The highest BCUT2D eigenvalue weighted by Gasteiger charge is 2.10. The van der Waals surface area contributed by atoms with Gasteiger partial charge in [0, 0.05) is 12.1 Å². The molecule has 0 atom stereocenters. The molecule has 2 aromatic carbocycles. The van der Waals surface area contributed by atoms with Crippen LogP contribution in [0.2, 0.25) is 0 Å². The Hall–Kier alpha value is -2.89. The number of esters is 1. The van der Waals surface area contributed by atoms with Gasteiger partial charge in [0.1, 0.15) is 11.6 Å². The summed E-state index contributed by atoms with van der Waals surface area (Å²) in [5.74, 6) is -0.723. The number of anilines is 1. The third-order valence-corrected chi connectivity index (χ3v) is 3.34. The Morgan fingerprint density at radius 1 is 1.12 bits per heavy atom. The molecule has 0 radical (unpaired) electrons. The highest BCUT2D eigenvalue weighted by Crippen LogP contribution is 2.19. The number of halogens is 1. The first-order valence-electron chi connectivity index (χ1n) is 8.00. The molecule has 0 bridgehead atoms. The second kappa shape index (κ2) is 9.42. The van der Waals surface area contributed by atoms with Crippen molar-refractivity contribution < 1.29 is 23.5 Å². The van der Waals surface area contributed by atoms with Crippen LogP contribution >= 0.6 is 0 Å². The SMILES string of the molecule is CCOc1ccccc1CCC(=O)OCC(=O)Nc1cccc(F)c1. The van der Waals surface area contributed by atoms with Gasteiger partial charge in [-0.1, -0.05) is 24.3 Å². The van der Waals surface area contributed by atoms with E-state index in [-0.39, 0.29) is 6.42 Å². The molecule has 0 aliphatic heterocycles. The molecule has 0 fully saturated rings. The maximum atomic E-state index is 13.0. The van der Waals surface area contributed by atoms with Crippen molar-refractivity contribution >= 4 is 17.6 Å². The van der Waals surface area contributed by atoms with Crippen LogP contribution in [0.5, 0.6) is 5.75 Å². The minimum absolute atomic E-state index is 0.136. The quantitative estimate of drug-likeness (QED) is 0.745. The third-order valence-electron chi connectivity index (χ3n) is 3.34. The number of aryl methyl sites for hydroxylation is 1. The Labute approximate surface area is 145 Å². The largest absolute Gasteiger partial charge is 0.494 e. The van der Waals surface area contributed by atoms with Gasteiger partial charge in [-0.3, -0.25) is 9.59 Å². The van der Waals surface area contributed by atoms with E-state index in [0.717, 1.165) is 11.3 Å². The van der Waals surface area contributed by atoms with Gasteiger partial charge in [-0.15, -0.1) is 0 Å². The van der Waals surface area contributed by atoms with Crippen molar-refractivity contribution in [2.75, 3.05) is 18.5 Å². The summed E-state index contributed by atoms with van der Waals surface area (Å²) < 4.78 is 23.5. The van der Waals surface area contributed by atoms with E-state index in [9.17, 15) is 14.0 Å². The summed E-state index contributed by atoms with van der Waals surface area (Å²) in [5, 5.41) is 2.46. The molecule has 6 heteroatoms. The summed E-state index contributed by atoms with van der Waals surface area (Å²) in [7, 11) is 0. The Bertz CT molecular complexity index is 733. The van der Waals surface area contributed by atoms with E-state index in [1.165, 1.54) is 18.2 Å². The third kappa shape index (κ3) is 6.25. The van der Waals surface area contributed by atoms with Crippen LogP contribution in [0, 0.1) is 5.82 Å². The fourth-order valence-corrected chi connectivity index (χ4v) is 2.22. The fraction of sp³-hybridized carbons (Fsp3) is 0.263. The Balaban J connectivity index is 1.76. The van der Waals surface area contributed by atoms with Crippen LogP contribution in [-0.2, 0) is 20.7 Å². The lowest BCUT2D eigenvalue weighted by Gasteiger charge is -2.10. The number of carbonyl (C=O) groups is 2. The predicted octanol–water partition coefficient (Wildman–Crippen LogP) is 3.34. The van der Waals surface area contributed by atoms with Crippen molar-refractivity contribution in [1.82, 2.24) is 0 Å². The van der Waals surface area contributed by atoms with Crippen LogP contribution < -0.4 is 10.1 Å². The number of benzene rings is 2. The van der Waals surface area contributed by atoms with Gasteiger partial charge >= 0.3 is 5.97 Å². The van der Waals surface area contributed by atoms with Crippen molar-refractivity contribution in [2.24, 2.45) is 0 Å². The highest BCUT2D eigenvalue weighted by atomic mass is 19.1. The van der Waals surface area contributed by atoms with Crippen molar-refractivity contribution in [2.45, 2.75) is 19.8 Å². The first-order valence-corrected chi connectivity index (χ1v) is 8.00. The summed E-state index contributed by atoms with van der Waals surface area (Å²) in [4.78, 5) is 23.5. The van der Waals surface area contributed by atoms with Crippen molar-refractivity contribution in [3.8, 4) is 5.75 Å². The predicted molar refractivity (Wildman–Crippen MR) is 91.9 cm³/mol. The highest BCUT2D eigenvalue weighted by molar-refractivity contribution is 5.92. The van der Waals surface area contributed by atoms with E-state index >= 15 is 0 Å². The van der Waals surface area contributed by atoms with Crippen molar-refractivity contribution in [3.63, 3.8) is 0 Å². The fourth-order valence-electron chi connectivity index (χ4n) is 2.22. The number of hydrogen-bond donors (Lipinski definition) is 1. The van der Waals surface area contributed by atoms with E-state index in [1.54, 1.807) is 6.07 Å². The molecule has 1 N–H and O–H groups in total. The lowest BCUT2D eigenvalue weighted by atomic mass is 10.1. The molecule has 2 aromatic rings. The van der Waals surface area contributed by atoms with Crippen LogP contribution in [-0.4, -0.2) is 25.1 Å². The Kier molecular flexibility index (Phi) is 6.95. The summed E-state index contributed by atoms with van der Waals surface area (Å²) in [6, 6.07) is 12.9. The molecule has 0 aliphatic rings. The smallest absolute Gasteiger partial charge is 0.306 e. The normalized spacial score (nSPS) is 10.2. The molecule has 0 aromatic heterocycles. The van der Waals surface area contributed by atoms with Crippen molar-refractivity contribution in [3.05, 3.63) is 59.9 Å². The number of carbonyl (C=O) groups excluding carboxylic acids is 2. The summed E-state index contributed by atoms with van der Waals surface area (Å²) >= 11 is 0. The molecule has 5 nitrogen and oxygen atoms in total. The van der Waals surface area contributed by atoms with Crippen molar-refractivity contribution in [1.29, 1.82) is 0 Å². The topological polar surface area (TPSA) is 64.6 Å². The number of amides is 1. The van der Waals surface area contributed by atoms with E-state index in [4.69, 9.17) is 9.47 Å². The zero-order chi connectivity index (χ0) is 18.1. The number of hydrogen-bond acceptors (Lipinski definition) is 4. The Morgan fingerprint density at radius 3 is 2.68 bits per heavy atom. The van der Waals surface area contributed by atoms with Crippen LogP contribution in [0.4, 0.5) is 10.1 Å². The molecular weight excluding hydrogens is 325 g/mol. The van der Waals surface area contributed by atoms with Gasteiger partial charge in [-0.25, -0.2) is 4.39 Å². The minimum atomic E-state index is -0.520. The number of ether oxygens (including phenoxy) is 2. The molecule has 0 spiro atoms. The van der Waals surface area contributed by atoms with Gasteiger partial charge in [-0.05, 0) is 43.2 Å². The number of rotatable bonds is 8. The molecule has 132 valence electrons. The maximum absolute atomic E-state index is 13.0. The second-order valence-corrected chi connectivity index (χ2v) is 5.26. The van der Waals surface area contributed by atoms with Crippen LogP contribution in [0.1, 0.15) is 18.9 Å². The molecular formula is C19H20FNO4. The van der Waals surface area contributed by atoms with Gasteiger partial charge in [0.2, 0.25) is 0 Å². The molecule has 0 saturated heterocycles. The van der Waals surface area contributed by atoms with Crippen LogP contribution in [0.25, 0.3) is 0 Å².